The second-order valence-corrected chi connectivity index (χ2v) is 5.02. The van der Waals surface area contributed by atoms with Crippen LogP contribution in [0.2, 0.25) is 0 Å². The molecule has 1 aromatic heterocycles. The zero-order chi connectivity index (χ0) is 14.5. The number of hydrogen-bond donors (Lipinski definition) is 2. The van der Waals surface area contributed by atoms with Gasteiger partial charge in [0.1, 0.15) is 6.33 Å². The number of carboxylic acid groups (broad SMARTS) is 1. The average Bonchev–Trinajstić information content (AvgIpc) is 2.82. The fraction of sp³-hybridized carbons (Fsp3) is 0.667. The highest BCUT2D eigenvalue weighted by Crippen LogP contribution is 2.21. The van der Waals surface area contributed by atoms with Gasteiger partial charge in [-0.05, 0) is 25.2 Å². The van der Waals surface area contributed by atoms with Crippen LogP contribution in [0.25, 0.3) is 0 Å². The van der Waals surface area contributed by atoms with Crippen molar-refractivity contribution in [2.24, 2.45) is 13.0 Å². The number of nitrogens with zero attached hydrogens (tertiary/aromatic N) is 4. The lowest BCUT2D eigenvalue weighted by atomic mass is 9.93. The number of carbonyl (C=O) groups excluding carboxylic acids is 1. The van der Waals surface area contributed by atoms with E-state index >= 15 is 0 Å². The third-order valence-electron chi connectivity index (χ3n) is 3.50. The third kappa shape index (κ3) is 3.69. The lowest BCUT2D eigenvalue weighted by molar-refractivity contribution is -0.137. The summed E-state index contributed by atoms with van der Waals surface area (Å²) in [5, 5.41) is 15.3. The van der Waals surface area contributed by atoms with Crippen molar-refractivity contribution in [2.45, 2.75) is 25.7 Å². The first kappa shape index (κ1) is 14.3. The van der Waals surface area contributed by atoms with Gasteiger partial charge in [0.15, 0.2) is 0 Å². The predicted octanol–water partition coefficient (Wildman–Crippen LogP) is 0.924. The van der Waals surface area contributed by atoms with E-state index in [1.165, 1.54) is 11.0 Å². The second-order valence-electron chi connectivity index (χ2n) is 5.02. The monoisotopic (exact) mass is 281 g/mol. The number of anilines is 1. The van der Waals surface area contributed by atoms with Gasteiger partial charge >= 0.3 is 12.0 Å². The molecule has 0 bridgehead atoms. The average molecular weight is 281 g/mol. The molecule has 1 aliphatic heterocycles. The Labute approximate surface area is 116 Å². The molecule has 0 spiro atoms. The van der Waals surface area contributed by atoms with E-state index in [-0.39, 0.29) is 18.4 Å². The van der Waals surface area contributed by atoms with E-state index in [0.717, 1.165) is 12.8 Å². The first-order valence-corrected chi connectivity index (χ1v) is 6.68. The number of piperidine rings is 1. The van der Waals surface area contributed by atoms with Crippen molar-refractivity contribution in [3.63, 3.8) is 0 Å². The van der Waals surface area contributed by atoms with Crippen LogP contribution in [-0.4, -0.2) is 49.9 Å². The summed E-state index contributed by atoms with van der Waals surface area (Å²) in [4.78, 5) is 28.4. The fourth-order valence-corrected chi connectivity index (χ4v) is 2.40. The Morgan fingerprint density at radius 1 is 1.55 bits per heavy atom. The number of aryl methyl sites for hydroxylation is 1. The number of carboxylic acids is 1. The minimum atomic E-state index is -0.786. The molecule has 1 saturated heterocycles. The van der Waals surface area contributed by atoms with Gasteiger partial charge in [0.2, 0.25) is 5.95 Å². The second kappa shape index (κ2) is 6.36. The Balaban J connectivity index is 1.86. The lowest BCUT2D eigenvalue weighted by Gasteiger charge is -2.32. The highest BCUT2D eigenvalue weighted by molar-refractivity contribution is 5.87. The van der Waals surface area contributed by atoms with Crippen molar-refractivity contribution in [1.29, 1.82) is 0 Å². The van der Waals surface area contributed by atoms with Crippen molar-refractivity contribution in [2.75, 3.05) is 18.4 Å². The molecule has 8 heteroatoms. The number of urea groups is 1. The molecule has 110 valence electrons. The van der Waals surface area contributed by atoms with Gasteiger partial charge < -0.3 is 10.0 Å². The van der Waals surface area contributed by atoms with E-state index < -0.39 is 5.97 Å². The predicted molar refractivity (Wildman–Crippen MR) is 71.2 cm³/mol. The molecule has 1 aromatic rings. The highest BCUT2D eigenvalue weighted by Gasteiger charge is 2.24. The molecule has 20 heavy (non-hydrogen) atoms. The van der Waals surface area contributed by atoms with Crippen molar-refractivity contribution in [1.82, 2.24) is 19.7 Å². The van der Waals surface area contributed by atoms with Gasteiger partial charge in [0.05, 0.1) is 0 Å². The normalized spacial score (nSPS) is 18.9. The van der Waals surface area contributed by atoms with Gasteiger partial charge in [-0.25, -0.2) is 9.48 Å². The van der Waals surface area contributed by atoms with Crippen molar-refractivity contribution < 1.29 is 14.7 Å². The molecule has 0 radical (unpaired) electrons. The first-order valence-electron chi connectivity index (χ1n) is 6.68. The van der Waals surface area contributed by atoms with Gasteiger partial charge in [-0.15, -0.1) is 0 Å². The molecule has 1 aliphatic rings. The molecule has 2 amide bonds. The number of amides is 2. The highest BCUT2D eigenvalue weighted by atomic mass is 16.4. The van der Waals surface area contributed by atoms with Gasteiger partial charge in [-0.2, -0.15) is 10.1 Å². The number of hydrogen-bond acceptors (Lipinski definition) is 4. The summed E-state index contributed by atoms with van der Waals surface area (Å²) in [6, 6.07) is -0.207. The summed E-state index contributed by atoms with van der Waals surface area (Å²) in [6.45, 7) is 1.28. The smallest absolute Gasteiger partial charge is 0.324 e. The zero-order valence-electron chi connectivity index (χ0n) is 11.4. The standard InChI is InChI=1S/C12H19N5O3/c1-16-11(13-8-14-16)15-12(20)17-6-2-3-9(7-17)4-5-10(18)19/h8-9H,2-7H2,1H3,(H,18,19)(H,13,14,15,20). The van der Waals surface area contributed by atoms with Crippen LogP contribution >= 0.6 is 0 Å². The summed E-state index contributed by atoms with van der Waals surface area (Å²) in [7, 11) is 1.70. The molecule has 1 atom stereocenters. The SMILES string of the molecule is Cn1ncnc1NC(=O)N1CCCC(CCC(=O)O)C1. The number of likely N-dealkylation sites (tertiary alicyclic amines) is 1. The van der Waals surface area contributed by atoms with Gasteiger partial charge in [0.25, 0.3) is 0 Å². The summed E-state index contributed by atoms with van der Waals surface area (Å²) < 4.78 is 1.49. The third-order valence-corrected chi connectivity index (χ3v) is 3.50. The van der Waals surface area contributed by atoms with Gasteiger partial charge in [0, 0.05) is 26.6 Å². The number of rotatable bonds is 4. The molecular weight excluding hydrogens is 262 g/mol. The Bertz CT molecular complexity index is 487. The van der Waals surface area contributed by atoms with E-state index in [2.05, 4.69) is 15.4 Å². The van der Waals surface area contributed by atoms with E-state index in [4.69, 9.17) is 5.11 Å². The number of carbonyl (C=O) groups is 2. The van der Waals surface area contributed by atoms with Crippen LogP contribution in [0.1, 0.15) is 25.7 Å². The Kier molecular flexibility index (Phi) is 4.54. The Morgan fingerprint density at radius 2 is 2.35 bits per heavy atom. The van der Waals surface area contributed by atoms with E-state index in [0.29, 0.717) is 25.5 Å². The first-order chi connectivity index (χ1) is 9.56. The van der Waals surface area contributed by atoms with Crippen LogP contribution in [-0.2, 0) is 11.8 Å². The molecule has 0 aromatic carbocycles. The minimum Gasteiger partial charge on any atom is -0.481 e. The number of nitrogens with one attached hydrogen (secondary N) is 1. The van der Waals surface area contributed by atoms with Crippen LogP contribution in [0, 0.1) is 5.92 Å². The topological polar surface area (TPSA) is 100 Å². The summed E-state index contributed by atoms with van der Waals surface area (Å²) >= 11 is 0. The largest absolute Gasteiger partial charge is 0.481 e. The van der Waals surface area contributed by atoms with Crippen molar-refractivity contribution >= 4 is 17.9 Å². The van der Waals surface area contributed by atoms with Crippen LogP contribution in [0.3, 0.4) is 0 Å². The van der Waals surface area contributed by atoms with Crippen molar-refractivity contribution in [3.05, 3.63) is 6.33 Å². The van der Waals surface area contributed by atoms with Crippen molar-refractivity contribution in [3.8, 4) is 0 Å². The van der Waals surface area contributed by atoms with E-state index in [1.54, 1.807) is 11.9 Å². The summed E-state index contributed by atoms with van der Waals surface area (Å²) in [5.41, 5.74) is 0. The quantitative estimate of drug-likeness (QED) is 0.854. The van der Waals surface area contributed by atoms with Crippen LogP contribution < -0.4 is 5.32 Å². The molecular formula is C12H19N5O3. The maximum absolute atomic E-state index is 12.1. The van der Waals surface area contributed by atoms with Gasteiger partial charge in [-0.1, -0.05) is 0 Å². The minimum absolute atomic E-state index is 0.156. The lowest BCUT2D eigenvalue weighted by Crippen LogP contribution is -2.42. The maximum atomic E-state index is 12.1. The summed E-state index contributed by atoms with van der Waals surface area (Å²) in [6.07, 6.45) is 4.02. The van der Waals surface area contributed by atoms with Gasteiger partial charge in [-0.3, -0.25) is 10.1 Å². The van der Waals surface area contributed by atoms with Crippen LogP contribution in [0.5, 0.6) is 0 Å². The Hall–Kier alpha value is -2.12. The van der Waals surface area contributed by atoms with Crippen LogP contribution in [0.15, 0.2) is 6.33 Å². The molecule has 0 aliphatic carbocycles. The molecule has 8 nitrogen and oxygen atoms in total. The molecule has 1 fully saturated rings. The molecule has 2 heterocycles. The van der Waals surface area contributed by atoms with Crippen LogP contribution in [0.4, 0.5) is 10.7 Å². The van der Waals surface area contributed by atoms with E-state index in [9.17, 15) is 9.59 Å². The number of aliphatic carboxylic acids is 1. The number of aromatic nitrogens is 3. The maximum Gasteiger partial charge on any atom is 0.324 e. The molecule has 2 rings (SSSR count). The Morgan fingerprint density at radius 3 is 3.00 bits per heavy atom. The zero-order valence-corrected chi connectivity index (χ0v) is 11.4. The fourth-order valence-electron chi connectivity index (χ4n) is 2.40. The molecule has 1 unspecified atom stereocenters. The molecule has 0 saturated carbocycles. The van der Waals surface area contributed by atoms with E-state index in [1.807, 2.05) is 0 Å². The molecule has 2 N–H and O–H groups in total. The summed E-state index contributed by atoms with van der Waals surface area (Å²) in [5.74, 6) is -0.126.